The van der Waals surface area contributed by atoms with E-state index in [1.54, 1.807) is 0 Å². The number of nitrogens with one attached hydrogen (secondary N) is 1. The van der Waals surface area contributed by atoms with Crippen molar-refractivity contribution in [3.63, 3.8) is 0 Å². The molecule has 0 aliphatic carbocycles. The van der Waals surface area contributed by atoms with Gasteiger partial charge in [0.2, 0.25) is 0 Å². The molecule has 5 rings (SSSR count). The van der Waals surface area contributed by atoms with Gasteiger partial charge in [0.05, 0.1) is 31.4 Å². The number of fused-ring (bicyclic) bond motifs is 3. The van der Waals surface area contributed by atoms with E-state index in [9.17, 15) is 0 Å². The van der Waals surface area contributed by atoms with Gasteiger partial charge in [-0.05, 0) is 42.7 Å². The average Bonchev–Trinajstić information content (AvgIpc) is 3.23. The van der Waals surface area contributed by atoms with Crippen LogP contribution in [0.1, 0.15) is 55.1 Å². The summed E-state index contributed by atoms with van der Waals surface area (Å²) < 4.78 is 12.0. The minimum absolute atomic E-state index is 0.186. The van der Waals surface area contributed by atoms with E-state index in [1.807, 2.05) is 6.92 Å². The first kappa shape index (κ1) is 21.6. The third kappa shape index (κ3) is 4.23. The van der Waals surface area contributed by atoms with Gasteiger partial charge in [-0.15, -0.1) is 0 Å². The molecule has 3 N–H and O–H groups in total. The van der Waals surface area contributed by atoms with Crippen LogP contribution in [0.15, 0.2) is 72.8 Å². The smallest absolute Gasteiger partial charge is 0.161 e. The number of rotatable bonds is 7. The molecule has 1 aliphatic heterocycles. The van der Waals surface area contributed by atoms with E-state index in [1.165, 1.54) is 33.3 Å². The average molecular weight is 442 g/mol. The van der Waals surface area contributed by atoms with E-state index >= 15 is 0 Å². The Morgan fingerprint density at radius 2 is 1.70 bits per heavy atom. The topological polar surface area (TPSA) is 50.9 Å². The first-order chi connectivity index (χ1) is 16.2. The number of hydrogen-bond donors (Lipinski definition) is 2. The van der Waals surface area contributed by atoms with Crippen molar-refractivity contribution in [3.05, 3.63) is 95.2 Å². The number of para-hydroxylation sites is 1. The molecule has 2 atom stereocenters. The number of benzene rings is 3. The van der Waals surface area contributed by atoms with Gasteiger partial charge in [0.15, 0.2) is 17.5 Å². The van der Waals surface area contributed by atoms with Gasteiger partial charge in [0.25, 0.3) is 0 Å². The summed E-state index contributed by atoms with van der Waals surface area (Å²) in [6.45, 7) is 8.63. The molecule has 0 spiro atoms. The Hall–Kier alpha value is -3.24. The van der Waals surface area contributed by atoms with E-state index in [2.05, 4.69) is 96.9 Å². The molecule has 2 heterocycles. The Morgan fingerprint density at radius 1 is 0.909 bits per heavy atom. The lowest BCUT2D eigenvalue weighted by Crippen LogP contribution is -2.88. The first-order valence-electron chi connectivity index (χ1n) is 12.0. The molecular weight excluding hydrogens is 408 g/mol. The molecule has 4 nitrogen and oxygen atoms in total. The highest BCUT2D eigenvalue weighted by Crippen LogP contribution is 2.40. The lowest BCUT2D eigenvalue weighted by atomic mass is 9.83. The lowest BCUT2D eigenvalue weighted by Gasteiger charge is -2.28. The van der Waals surface area contributed by atoms with Crippen LogP contribution >= 0.6 is 0 Å². The molecule has 170 valence electrons. The summed E-state index contributed by atoms with van der Waals surface area (Å²) in [5.74, 6) is 2.47. The molecule has 0 fully saturated rings. The number of H-pyrrole nitrogens is 1. The molecule has 0 bridgehead atoms. The largest absolute Gasteiger partial charge is 0.490 e. The highest BCUT2D eigenvalue weighted by atomic mass is 16.5. The number of ether oxygens (including phenoxy) is 2. The Kier molecular flexibility index (Phi) is 6.10. The van der Waals surface area contributed by atoms with Crippen LogP contribution in [-0.4, -0.2) is 24.7 Å². The number of hydrogen-bond acceptors (Lipinski definition) is 2. The number of aromatic nitrogens is 1. The summed E-state index contributed by atoms with van der Waals surface area (Å²) in [6.07, 6.45) is 0. The highest BCUT2D eigenvalue weighted by molar-refractivity contribution is 5.86. The van der Waals surface area contributed by atoms with Crippen LogP contribution in [0.25, 0.3) is 10.9 Å². The Morgan fingerprint density at radius 3 is 2.48 bits per heavy atom. The summed E-state index contributed by atoms with van der Waals surface area (Å²) in [5.41, 5.74) is 6.50. The molecular formula is C29H33N2O2+. The first-order valence-corrected chi connectivity index (χ1v) is 12.0. The molecule has 33 heavy (non-hydrogen) atoms. The van der Waals surface area contributed by atoms with Crippen molar-refractivity contribution in [1.82, 2.24) is 4.98 Å². The molecule has 0 saturated heterocycles. The summed E-state index contributed by atoms with van der Waals surface area (Å²) in [5, 5.41) is 3.77. The minimum atomic E-state index is 0.186. The fourth-order valence-electron chi connectivity index (χ4n) is 4.97. The van der Waals surface area contributed by atoms with Crippen molar-refractivity contribution in [1.29, 1.82) is 0 Å². The zero-order valence-electron chi connectivity index (χ0n) is 19.7. The Balaban J connectivity index is 1.58. The predicted molar refractivity (Wildman–Crippen MR) is 133 cm³/mol. The monoisotopic (exact) mass is 441 g/mol. The van der Waals surface area contributed by atoms with Crippen molar-refractivity contribution < 1.29 is 14.8 Å². The summed E-state index contributed by atoms with van der Waals surface area (Å²) in [7, 11) is 0. The van der Waals surface area contributed by atoms with Gasteiger partial charge in [0.1, 0.15) is 0 Å². The number of nitrogens with two attached hydrogens (primary N) is 1. The lowest BCUT2D eigenvalue weighted by molar-refractivity contribution is -0.692. The van der Waals surface area contributed by atoms with Gasteiger partial charge in [0, 0.05) is 22.0 Å². The van der Waals surface area contributed by atoms with E-state index in [0.717, 1.165) is 18.0 Å². The fraction of sp³-hybridized carbons (Fsp3) is 0.310. The quantitative estimate of drug-likeness (QED) is 0.403. The normalized spacial score (nSPS) is 17.8. The van der Waals surface area contributed by atoms with Crippen LogP contribution in [0.5, 0.6) is 11.5 Å². The van der Waals surface area contributed by atoms with Gasteiger partial charge in [-0.2, -0.15) is 0 Å². The van der Waals surface area contributed by atoms with Crippen LogP contribution in [0, 0.1) is 5.92 Å². The third-order valence-electron chi connectivity index (χ3n) is 6.44. The highest BCUT2D eigenvalue weighted by Gasteiger charge is 2.35. The van der Waals surface area contributed by atoms with Gasteiger partial charge >= 0.3 is 0 Å². The molecule has 0 amide bonds. The van der Waals surface area contributed by atoms with Crippen LogP contribution in [0.3, 0.4) is 0 Å². The maximum atomic E-state index is 6.04. The van der Waals surface area contributed by atoms with Crippen LogP contribution < -0.4 is 14.8 Å². The van der Waals surface area contributed by atoms with E-state index in [0.29, 0.717) is 25.0 Å². The molecule has 1 aliphatic rings. The second-order valence-corrected chi connectivity index (χ2v) is 9.25. The zero-order chi connectivity index (χ0) is 22.8. The summed E-state index contributed by atoms with van der Waals surface area (Å²) in [6, 6.07) is 26.2. The van der Waals surface area contributed by atoms with Gasteiger partial charge < -0.3 is 19.8 Å². The second-order valence-electron chi connectivity index (χ2n) is 9.25. The summed E-state index contributed by atoms with van der Waals surface area (Å²) in [4.78, 5) is 3.77. The minimum Gasteiger partial charge on any atom is -0.490 e. The van der Waals surface area contributed by atoms with Crippen molar-refractivity contribution in [2.24, 2.45) is 5.92 Å². The Bertz CT molecular complexity index is 1230. The van der Waals surface area contributed by atoms with E-state index in [4.69, 9.17) is 9.47 Å². The molecule has 3 aromatic carbocycles. The van der Waals surface area contributed by atoms with Crippen molar-refractivity contribution >= 4 is 10.9 Å². The van der Waals surface area contributed by atoms with Gasteiger partial charge in [-0.25, -0.2) is 0 Å². The summed E-state index contributed by atoms with van der Waals surface area (Å²) >= 11 is 0. The van der Waals surface area contributed by atoms with E-state index in [-0.39, 0.29) is 6.04 Å². The number of aromatic amines is 1. The van der Waals surface area contributed by atoms with Crippen LogP contribution in [-0.2, 0) is 0 Å². The molecule has 0 radical (unpaired) electrons. The van der Waals surface area contributed by atoms with Crippen molar-refractivity contribution in [3.8, 4) is 11.5 Å². The SMILES string of the molecule is CCOc1cc([C@H]2[NH2+]C[C@H](c3ccccc3)c3c2[nH]c2ccccc32)ccc1OCC(C)C. The van der Waals surface area contributed by atoms with Crippen LogP contribution in [0.2, 0.25) is 0 Å². The van der Waals surface area contributed by atoms with Crippen LogP contribution in [0.4, 0.5) is 0 Å². The zero-order valence-corrected chi connectivity index (χ0v) is 19.7. The van der Waals surface area contributed by atoms with Crippen molar-refractivity contribution in [2.75, 3.05) is 19.8 Å². The predicted octanol–water partition coefficient (Wildman–Crippen LogP) is 5.40. The molecule has 4 aromatic rings. The maximum Gasteiger partial charge on any atom is 0.161 e. The second kappa shape index (κ2) is 9.32. The fourth-order valence-corrected chi connectivity index (χ4v) is 4.97. The van der Waals surface area contributed by atoms with Gasteiger partial charge in [-0.1, -0.05) is 62.4 Å². The van der Waals surface area contributed by atoms with Gasteiger partial charge in [-0.3, -0.25) is 0 Å². The van der Waals surface area contributed by atoms with E-state index < -0.39 is 0 Å². The maximum absolute atomic E-state index is 6.04. The number of quaternary nitrogens is 1. The van der Waals surface area contributed by atoms with Crippen molar-refractivity contribution in [2.45, 2.75) is 32.7 Å². The molecule has 0 saturated carbocycles. The Labute approximate surface area is 195 Å². The molecule has 1 aromatic heterocycles. The standard InChI is InChI=1S/C29H32N2O2/c1-4-32-26-16-21(14-15-25(26)33-18-19(2)3)28-29-27(22-12-8-9-13-24(22)31-29)23(17-30-28)20-10-6-5-7-11-20/h5-16,19,23,28,30-31H,4,17-18H2,1-3H3/p+1/t23-,28-/m1/s1. The molecule has 4 heteroatoms. The molecule has 0 unspecified atom stereocenters. The third-order valence-corrected chi connectivity index (χ3v) is 6.44.